The molecule has 0 aliphatic carbocycles. The van der Waals surface area contributed by atoms with E-state index in [1.165, 1.54) is 289 Å². The predicted molar refractivity (Wildman–Crippen MR) is 290 cm³/mol. The summed E-state index contributed by atoms with van der Waals surface area (Å²) < 4.78 is 37.5. The number of halogens is 1. The molecule has 0 aromatic heterocycles. The Kier molecular flexibility index (Phi) is 63.9. The van der Waals surface area contributed by atoms with E-state index in [4.69, 9.17) is 17.5 Å². The summed E-state index contributed by atoms with van der Waals surface area (Å²) in [5, 5.41) is 0. The molecule has 0 fully saturated rings. The second kappa shape index (κ2) is 56.1. The van der Waals surface area contributed by atoms with Gasteiger partial charge in [-0.25, -0.2) is 0 Å². The van der Waals surface area contributed by atoms with Crippen molar-refractivity contribution in [2.24, 2.45) is 0 Å². The van der Waals surface area contributed by atoms with Crippen molar-refractivity contribution in [1.29, 1.82) is 0 Å². The number of hydrogen-bond acceptors (Lipinski definition) is 4. The fraction of sp³-hybridized carbons (Fsp3) is 1.00. The molecule has 0 unspecified atom stereocenters. The zero-order chi connectivity index (χ0) is 49.8. The normalized spacial score (nSPS) is 11.8. The van der Waals surface area contributed by atoms with Crippen molar-refractivity contribution in [2.75, 3.05) is 83.1 Å². The average molecular weight is 1030 g/mol. The van der Waals surface area contributed by atoms with Crippen LogP contribution in [0.3, 0.4) is 0 Å². The summed E-state index contributed by atoms with van der Waals surface area (Å²) in [6, 6.07) is 0. The summed E-state index contributed by atoms with van der Waals surface area (Å²) in [7, 11) is 15.5. The number of hydrogen-bond donors (Lipinski definition) is 0. The van der Waals surface area contributed by atoms with Gasteiger partial charge in [-0.05, 0) is 38.5 Å². The van der Waals surface area contributed by atoms with E-state index in [1.807, 2.05) is 0 Å². The van der Waals surface area contributed by atoms with Gasteiger partial charge in [0.25, 0.3) is 0 Å². The van der Waals surface area contributed by atoms with Crippen LogP contribution < -0.4 is 17.0 Å². The van der Waals surface area contributed by atoms with E-state index < -0.39 is 10.4 Å². The summed E-state index contributed by atoms with van der Waals surface area (Å²) in [4.78, 5) is 0. The van der Waals surface area contributed by atoms with Gasteiger partial charge in [-0.2, -0.15) is 0 Å². The molecule has 0 atom stereocenters. The van der Waals surface area contributed by atoms with Gasteiger partial charge in [-0.1, -0.05) is 252 Å². The maximum atomic E-state index is 8.52. The van der Waals surface area contributed by atoms with E-state index in [0.29, 0.717) is 0 Å². The highest BCUT2D eigenvalue weighted by Crippen LogP contribution is 2.16. The van der Waals surface area contributed by atoms with Gasteiger partial charge >= 0.3 is 0 Å². The first-order chi connectivity index (χ1) is 30.7. The first kappa shape index (κ1) is 75.2. The van der Waals surface area contributed by atoms with Crippen LogP contribution >= 0.6 is 0 Å². The summed E-state index contributed by atoms with van der Waals surface area (Å²) in [5.74, 6) is 0. The van der Waals surface area contributed by atoms with E-state index in [1.54, 1.807) is 0 Å². The fourth-order valence-electron chi connectivity index (χ4n) is 8.34. The van der Waals surface area contributed by atoms with Crippen molar-refractivity contribution in [3.63, 3.8) is 0 Å². The van der Waals surface area contributed by atoms with E-state index in [9.17, 15) is 0 Å². The zero-order valence-electron chi connectivity index (χ0n) is 47.6. The molecule has 66 heavy (non-hydrogen) atoms. The highest BCUT2D eigenvalue weighted by Gasteiger charge is 2.07. The minimum absolute atomic E-state index is 0. The van der Waals surface area contributed by atoms with Crippen molar-refractivity contribution in [1.82, 2.24) is 0 Å². The summed E-state index contributed by atoms with van der Waals surface area (Å²) in [6.45, 7) is 10.9. The maximum Gasteiger partial charge on any atom is 0.0780 e. The van der Waals surface area contributed by atoms with Crippen LogP contribution in [0.25, 0.3) is 0 Å². The average Bonchev–Trinajstić information content (AvgIpc) is 3.20. The fourth-order valence-corrected chi connectivity index (χ4v) is 8.34. The highest BCUT2D eigenvalue weighted by molar-refractivity contribution is 7.79. The molecule has 0 bridgehead atoms. The quantitative estimate of drug-likeness (QED) is 0.0263. The molecule has 406 valence electrons. The Labute approximate surface area is 429 Å². The number of nitrogens with zero attached hydrogens (tertiary/aromatic N) is 3. The minimum Gasteiger partial charge on any atom is -1.00 e. The molecule has 0 aromatic carbocycles. The molecule has 0 radical (unpaired) electrons. The Morgan fingerprint density at radius 2 is 0.333 bits per heavy atom. The predicted octanol–water partition coefficient (Wildman–Crippen LogP) is 14.2. The van der Waals surface area contributed by atoms with Crippen LogP contribution in [0.15, 0.2) is 0 Å². The zero-order valence-corrected chi connectivity index (χ0v) is 50.0. The molecule has 0 spiro atoms. The lowest BCUT2D eigenvalue weighted by atomic mass is 10.0. The van der Waals surface area contributed by atoms with E-state index in [0.717, 1.165) is 13.4 Å². The Morgan fingerprint density at radius 3 is 0.424 bits per heavy atom. The number of rotatable bonds is 45. The van der Waals surface area contributed by atoms with Gasteiger partial charge in [-0.3, -0.25) is 8.42 Å². The van der Waals surface area contributed by atoms with Crippen molar-refractivity contribution < 1.29 is 48.0 Å². The second-order valence-corrected chi connectivity index (χ2v) is 24.1. The molecule has 0 aliphatic heterocycles. The Morgan fingerprint density at radius 1 is 0.242 bits per heavy atom. The van der Waals surface area contributed by atoms with Crippen molar-refractivity contribution in [3.8, 4) is 0 Å². The molecule has 0 amide bonds. The van der Waals surface area contributed by atoms with Gasteiger partial charge in [0.05, 0.1) is 83.1 Å². The SMILES string of the molecule is CCCCCCCCCCCCCCCC[N+](C)(C)C.CCCCCCCCCCCCCCCC[N+](C)(C)C.CCCCCCCCCCCCCCCC[N+](C)(C)C.O=S(=O)([O-])[O-].[Br-]. The molecule has 0 rings (SSSR count). The van der Waals surface area contributed by atoms with Crippen LogP contribution in [-0.4, -0.2) is 114 Å². The molecule has 0 N–H and O–H groups in total. The Bertz CT molecular complexity index is 872. The molecular formula is C57H126BrN3O4S. The van der Waals surface area contributed by atoms with Gasteiger partial charge in [0.2, 0.25) is 0 Å². The Balaban J connectivity index is -0.000000265. The lowest BCUT2D eigenvalue weighted by Gasteiger charge is -2.23. The third-order valence-corrected chi connectivity index (χ3v) is 12.5. The molecule has 7 nitrogen and oxygen atoms in total. The molecule has 0 heterocycles. The molecule has 0 aliphatic rings. The van der Waals surface area contributed by atoms with E-state index in [-0.39, 0.29) is 17.0 Å². The van der Waals surface area contributed by atoms with E-state index >= 15 is 0 Å². The van der Waals surface area contributed by atoms with Gasteiger partial charge < -0.3 is 39.5 Å². The van der Waals surface area contributed by atoms with Gasteiger partial charge in [0.15, 0.2) is 0 Å². The largest absolute Gasteiger partial charge is 1.00 e. The summed E-state index contributed by atoms with van der Waals surface area (Å²) in [5.41, 5.74) is 0. The van der Waals surface area contributed by atoms with Gasteiger partial charge in [0, 0.05) is 10.4 Å². The standard InChI is InChI=1S/3C19H42N.BrH.H2O4S/c3*1-5-6-7-8-9-10-11-12-13-14-15-16-17-18-19-20(2,3)4;;1-5(2,3)4/h3*5-19H2,1-4H3;1H;(H2,1,2,3,4)/q3*+1;;/p-3. The lowest BCUT2D eigenvalue weighted by molar-refractivity contribution is -0.870. The number of unbranched alkanes of at least 4 members (excludes halogenated alkanes) is 39. The molecule has 9 heteroatoms. The number of quaternary nitrogens is 3. The molecule has 0 aromatic rings. The Hall–Kier alpha value is 0.230. The molecule has 0 saturated carbocycles. The van der Waals surface area contributed by atoms with Crippen LogP contribution in [0, 0.1) is 0 Å². The molecular weight excluding hydrogens is 903 g/mol. The van der Waals surface area contributed by atoms with Crippen molar-refractivity contribution in [2.45, 2.75) is 290 Å². The second-order valence-electron chi connectivity index (χ2n) is 23.2. The monoisotopic (exact) mass is 1030 g/mol. The van der Waals surface area contributed by atoms with Crippen LogP contribution in [-0.2, 0) is 10.4 Å². The van der Waals surface area contributed by atoms with Crippen LogP contribution in [0.4, 0.5) is 0 Å². The van der Waals surface area contributed by atoms with Crippen molar-refractivity contribution in [3.05, 3.63) is 0 Å². The minimum atomic E-state index is -5.17. The summed E-state index contributed by atoms with van der Waals surface area (Å²) in [6.07, 6.45) is 61.1. The van der Waals surface area contributed by atoms with Crippen molar-refractivity contribution >= 4 is 10.4 Å². The highest BCUT2D eigenvalue weighted by atomic mass is 79.9. The van der Waals surface area contributed by atoms with Crippen LogP contribution in [0.2, 0.25) is 0 Å². The third kappa shape index (κ3) is 97.8. The van der Waals surface area contributed by atoms with E-state index in [2.05, 4.69) is 84.2 Å². The topological polar surface area (TPSA) is 80.3 Å². The first-order valence-corrected chi connectivity index (χ1v) is 30.1. The lowest BCUT2D eigenvalue weighted by Crippen LogP contribution is -3.00. The first-order valence-electron chi connectivity index (χ1n) is 28.8. The smallest absolute Gasteiger partial charge is 0.0780 e. The third-order valence-electron chi connectivity index (χ3n) is 12.5. The molecule has 0 saturated heterocycles. The van der Waals surface area contributed by atoms with Crippen LogP contribution in [0.1, 0.15) is 290 Å². The van der Waals surface area contributed by atoms with Gasteiger partial charge in [-0.15, -0.1) is 0 Å². The van der Waals surface area contributed by atoms with Gasteiger partial charge in [0.1, 0.15) is 0 Å². The van der Waals surface area contributed by atoms with Crippen LogP contribution in [0.5, 0.6) is 0 Å². The summed E-state index contributed by atoms with van der Waals surface area (Å²) >= 11 is 0. The maximum absolute atomic E-state index is 8.52.